The summed E-state index contributed by atoms with van der Waals surface area (Å²) in [5, 5.41) is 15.0. The van der Waals surface area contributed by atoms with Crippen molar-refractivity contribution in [3.63, 3.8) is 0 Å². The molecule has 2 aromatic carbocycles. The molecule has 0 atom stereocenters. The number of amides is 1. The average Bonchev–Trinajstić information content (AvgIpc) is 3.39. The van der Waals surface area contributed by atoms with Gasteiger partial charge < -0.3 is 4.42 Å². The number of nitrogens with zero attached hydrogens (tertiary/aromatic N) is 3. The van der Waals surface area contributed by atoms with E-state index in [1.54, 1.807) is 30.3 Å². The van der Waals surface area contributed by atoms with Gasteiger partial charge in [-0.25, -0.2) is 10.4 Å². The van der Waals surface area contributed by atoms with Crippen molar-refractivity contribution in [2.75, 3.05) is 5.75 Å². The number of furan rings is 1. The van der Waals surface area contributed by atoms with Crippen molar-refractivity contribution in [3.05, 3.63) is 76.5 Å². The van der Waals surface area contributed by atoms with Crippen LogP contribution in [-0.2, 0) is 4.79 Å². The quantitative estimate of drug-likeness (QED) is 0.194. The fraction of sp³-hybridized carbons (Fsp3) is 0.0500. The van der Waals surface area contributed by atoms with E-state index in [4.69, 9.17) is 4.42 Å². The number of thioether (sulfide) groups is 1. The zero-order valence-electron chi connectivity index (χ0n) is 15.3. The average molecular weight is 438 g/mol. The molecule has 0 fully saturated rings. The minimum Gasteiger partial charge on any atom is -0.455 e. The molecule has 0 radical (unpaired) electrons. The number of nitro benzene ring substituents is 1. The Morgan fingerprint density at radius 3 is 2.83 bits per heavy atom. The minimum atomic E-state index is -0.463. The summed E-state index contributed by atoms with van der Waals surface area (Å²) in [6.07, 6.45) is 1.35. The van der Waals surface area contributed by atoms with E-state index < -0.39 is 4.92 Å². The van der Waals surface area contributed by atoms with Crippen molar-refractivity contribution in [2.24, 2.45) is 5.10 Å². The number of carbonyl (C=O) groups is 1. The molecule has 150 valence electrons. The minimum absolute atomic E-state index is 0.0458. The summed E-state index contributed by atoms with van der Waals surface area (Å²) < 4.78 is 7.48. The van der Waals surface area contributed by atoms with Gasteiger partial charge in [0, 0.05) is 6.07 Å². The van der Waals surface area contributed by atoms with Crippen LogP contribution >= 0.6 is 23.1 Å². The van der Waals surface area contributed by atoms with E-state index in [2.05, 4.69) is 15.5 Å². The molecule has 0 saturated heterocycles. The van der Waals surface area contributed by atoms with E-state index in [-0.39, 0.29) is 17.3 Å². The smallest absolute Gasteiger partial charge is 0.280 e. The third-order valence-electron chi connectivity index (χ3n) is 3.98. The SMILES string of the molecule is O=C(CSc1nc2ccccc2s1)N/N=C/c1ccc(-c2ccccc2[N+](=O)[O-])o1. The van der Waals surface area contributed by atoms with Gasteiger partial charge in [0.2, 0.25) is 0 Å². The maximum absolute atomic E-state index is 12.0. The maximum Gasteiger partial charge on any atom is 0.280 e. The van der Waals surface area contributed by atoms with Crippen molar-refractivity contribution in [1.29, 1.82) is 0 Å². The van der Waals surface area contributed by atoms with E-state index in [9.17, 15) is 14.9 Å². The lowest BCUT2D eigenvalue weighted by Gasteiger charge is -1.98. The van der Waals surface area contributed by atoms with Gasteiger partial charge in [0.1, 0.15) is 11.5 Å². The Kier molecular flexibility index (Phi) is 5.87. The number of nitrogens with one attached hydrogen (secondary N) is 1. The van der Waals surface area contributed by atoms with E-state index in [1.165, 1.54) is 35.4 Å². The number of carbonyl (C=O) groups excluding carboxylic acids is 1. The van der Waals surface area contributed by atoms with Gasteiger partial charge in [-0.15, -0.1) is 11.3 Å². The molecule has 0 bridgehead atoms. The predicted molar refractivity (Wildman–Crippen MR) is 117 cm³/mol. The lowest BCUT2D eigenvalue weighted by molar-refractivity contribution is -0.384. The lowest BCUT2D eigenvalue weighted by atomic mass is 10.1. The number of nitro groups is 1. The number of para-hydroxylation sites is 2. The molecule has 0 saturated carbocycles. The molecule has 0 aliphatic rings. The van der Waals surface area contributed by atoms with Crippen molar-refractivity contribution in [1.82, 2.24) is 10.4 Å². The van der Waals surface area contributed by atoms with Crippen molar-refractivity contribution in [3.8, 4) is 11.3 Å². The zero-order chi connectivity index (χ0) is 20.9. The lowest BCUT2D eigenvalue weighted by Crippen LogP contribution is -2.19. The molecule has 2 aromatic heterocycles. The third-order valence-corrected chi connectivity index (χ3v) is 6.15. The monoisotopic (exact) mass is 438 g/mol. The highest BCUT2D eigenvalue weighted by Gasteiger charge is 2.16. The molecule has 4 rings (SSSR count). The number of thiazole rings is 1. The first kappa shape index (κ1) is 19.8. The Balaban J connectivity index is 1.33. The Morgan fingerprint density at radius 2 is 2.00 bits per heavy atom. The largest absolute Gasteiger partial charge is 0.455 e. The van der Waals surface area contributed by atoms with Gasteiger partial charge in [0.25, 0.3) is 11.6 Å². The van der Waals surface area contributed by atoms with Crippen LogP contribution in [0.15, 0.2) is 74.5 Å². The second-order valence-electron chi connectivity index (χ2n) is 6.01. The van der Waals surface area contributed by atoms with Gasteiger partial charge >= 0.3 is 0 Å². The predicted octanol–water partition coefficient (Wildman–Crippen LogP) is 4.71. The molecule has 0 unspecified atom stereocenters. The van der Waals surface area contributed by atoms with Crippen LogP contribution in [0.2, 0.25) is 0 Å². The summed E-state index contributed by atoms with van der Waals surface area (Å²) in [4.78, 5) is 27.1. The van der Waals surface area contributed by atoms with Gasteiger partial charge in [-0.05, 0) is 30.3 Å². The van der Waals surface area contributed by atoms with E-state index in [0.29, 0.717) is 17.1 Å². The molecule has 4 aromatic rings. The van der Waals surface area contributed by atoms with Crippen LogP contribution < -0.4 is 5.43 Å². The molecule has 2 heterocycles. The Bertz CT molecular complexity index is 1220. The van der Waals surface area contributed by atoms with Crippen molar-refractivity contribution < 1.29 is 14.1 Å². The van der Waals surface area contributed by atoms with E-state index >= 15 is 0 Å². The second-order valence-corrected chi connectivity index (χ2v) is 8.26. The summed E-state index contributed by atoms with van der Waals surface area (Å²) in [5.74, 6) is 0.612. The zero-order valence-corrected chi connectivity index (χ0v) is 17.0. The third kappa shape index (κ3) is 4.56. The molecule has 8 nitrogen and oxygen atoms in total. The van der Waals surface area contributed by atoms with Crippen LogP contribution in [0.1, 0.15) is 5.76 Å². The summed E-state index contributed by atoms with van der Waals surface area (Å²) >= 11 is 2.87. The topological polar surface area (TPSA) is 111 Å². The Morgan fingerprint density at radius 1 is 1.20 bits per heavy atom. The van der Waals surface area contributed by atoms with E-state index in [1.807, 2.05) is 24.3 Å². The molecule has 1 amide bonds. The molecule has 0 aliphatic heterocycles. The molecular weight excluding hydrogens is 424 g/mol. The fourth-order valence-corrected chi connectivity index (χ4v) is 4.51. The summed E-state index contributed by atoms with van der Waals surface area (Å²) in [6, 6.07) is 17.3. The molecule has 0 aliphatic carbocycles. The van der Waals surface area contributed by atoms with Gasteiger partial charge in [-0.3, -0.25) is 14.9 Å². The number of fused-ring (bicyclic) bond motifs is 1. The van der Waals surface area contributed by atoms with Crippen LogP contribution in [0.5, 0.6) is 0 Å². The first-order valence-corrected chi connectivity index (χ1v) is 10.5. The summed E-state index contributed by atoms with van der Waals surface area (Å²) in [6.45, 7) is 0. The van der Waals surface area contributed by atoms with Crippen LogP contribution in [0, 0.1) is 10.1 Å². The van der Waals surface area contributed by atoms with Crippen LogP contribution in [0.3, 0.4) is 0 Å². The molecular formula is C20H14N4O4S2. The number of benzene rings is 2. The maximum atomic E-state index is 12.0. The van der Waals surface area contributed by atoms with Gasteiger partial charge in [0.15, 0.2) is 4.34 Å². The first-order chi connectivity index (χ1) is 14.6. The molecule has 10 heteroatoms. The van der Waals surface area contributed by atoms with Gasteiger partial charge in [-0.1, -0.05) is 36.0 Å². The van der Waals surface area contributed by atoms with Crippen molar-refractivity contribution in [2.45, 2.75) is 4.34 Å². The highest BCUT2D eigenvalue weighted by molar-refractivity contribution is 8.01. The summed E-state index contributed by atoms with van der Waals surface area (Å²) in [7, 11) is 0. The molecule has 0 spiro atoms. The highest BCUT2D eigenvalue weighted by atomic mass is 32.2. The fourth-order valence-electron chi connectivity index (χ4n) is 2.65. The van der Waals surface area contributed by atoms with Crippen molar-refractivity contribution >= 4 is 51.1 Å². The normalized spacial score (nSPS) is 11.2. The van der Waals surface area contributed by atoms with Crippen LogP contribution in [0.4, 0.5) is 5.69 Å². The van der Waals surface area contributed by atoms with Gasteiger partial charge in [-0.2, -0.15) is 5.10 Å². The number of aromatic nitrogens is 1. The second kappa shape index (κ2) is 8.89. The molecule has 1 N–H and O–H groups in total. The Labute approximate surface area is 178 Å². The molecule has 30 heavy (non-hydrogen) atoms. The number of hydrazone groups is 1. The van der Waals surface area contributed by atoms with E-state index in [0.717, 1.165) is 14.6 Å². The number of hydrogen-bond acceptors (Lipinski definition) is 8. The van der Waals surface area contributed by atoms with Gasteiger partial charge in [0.05, 0.1) is 32.7 Å². The standard InChI is InChI=1S/C20H14N4O4S2/c25-19(12-29-20-22-15-6-2-4-8-18(15)30-20)23-21-11-13-9-10-17(28-13)14-5-1-3-7-16(14)24(26)27/h1-11H,12H2,(H,23,25)/b21-11+. The van der Waals surface area contributed by atoms with Crippen LogP contribution in [-0.4, -0.2) is 27.8 Å². The van der Waals surface area contributed by atoms with Crippen LogP contribution in [0.25, 0.3) is 21.5 Å². The summed E-state index contributed by atoms with van der Waals surface area (Å²) in [5.41, 5.74) is 3.67. The number of hydrogen-bond donors (Lipinski definition) is 1. The first-order valence-electron chi connectivity index (χ1n) is 8.74. The highest BCUT2D eigenvalue weighted by Crippen LogP contribution is 2.31. The number of rotatable bonds is 7. The Hall–Kier alpha value is -3.50.